The van der Waals surface area contributed by atoms with E-state index >= 15 is 0 Å². The van der Waals surface area contributed by atoms with Crippen LogP contribution in [0, 0.1) is 0 Å². The molecular formula is C18H32N2O4S2. The van der Waals surface area contributed by atoms with E-state index in [4.69, 9.17) is 0 Å². The Morgan fingerprint density at radius 3 is 2.04 bits per heavy atom. The molecule has 26 heavy (non-hydrogen) atoms. The summed E-state index contributed by atoms with van der Waals surface area (Å²) < 4.78 is 2.41. The first-order valence-electron chi connectivity index (χ1n) is 9.31. The standard InChI is InChI=1S/C18H32N2O4S2/c1-3-5-9-25-13-15(21)11-19-8-7-17(23)20(18(19)24)12-16(22)14-26-10-6-4-2/h7-8,15-16,21-22H,3-6,9-14H2,1-2H3. The Kier molecular flexibility index (Phi) is 12.1. The fourth-order valence-corrected chi connectivity index (χ4v) is 4.41. The number of hydrogen-bond acceptors (Lipinski definition) is 6. The Morgan fingerprint density at radius 2 is 1.50 bits per heavy atom. The zero-order chi connectivity index (χ0) is 19.4. The highest BCUT2D eigenvalue weighted by Crippen LogP contribution is 2.08. The van der Waals surface area contributed by atoms with Gasteiger partial charge < -0.3 is 10.2 Å². The van der Waals surface area contributed by atoms with Crippen LogP contribution >= 0.6 is 23.5 Å². The maximum absolute atomic E-state index is 12.5. The number of rotatable bonds is 14. The maximum Gasteiger partial charge on any atom is 0.331 e. The number of aromatic nitrogens is 2. The summed E-state index contributed by atoms with van der Waals surface area (Å²) >= 11 is 3.29. The Bertz CT molecular complexity index is 618. The van der Waals surface area contributed by atoms with Crippen LogP contribution in [0.2, 0.25) is 0 Å². The summed E-state index contributed by atoms with van der Waals surface area (Å²) in [5.41, 5.74) is -0.900. The monoisotopic (exact) mass is 404 g/mol. The number of thioether (sulfide) groups is 2. The van der Waals surface area contributed by atoms with Gasteiger partial charge in [-0.3, -0.25) is 13.9 Å². The third-order valence-electron chi connectivity index (χ3n) is 3.85. The number of unbranched alkanes of at least 4 members (excludes halogenated alkanes) is 2. The molecule has 6 nitrogen and oxygen atoms in total. The largest absolute Gasteiger partial charge is 0.390 e. The summed E-state index contributed by atoms with van der Waals surface area (Å²) in [5.74, 6) is 3.01. The lowest BCUT2D eigenvalue weighted by atomic mass is 10.4. The normalized spacial score (nSPS) is 13.7. The predicted molar refractivity (Wildman–Crippen MR) is 111 cm³/mol. The van der Waals surface area contributed by atoms with Crippen molar-refractivity contribution in [2.45, 2.75) is 64.8 Å². The van der Waals surface area contributed by atoms with Crippen LogP contribution in [-0.2, 0) is 13.1 Å². The lowest BCUT2D eigenvalue weighted by Crippen LogP contribution is -2.43. The number of aliphatic hydroxyl groups is 2. The fraction of sp³-hybridized carbons (Fsp3) is 0.778. The van der Waals surface area contributed by atoms with Crippen molar-refractivity contribution in [2.75, 3.05) is 23.0 Å². The zero-order valence-corrected chi connectivity index (χ0v) is 17.4. The van der Waals surface area contributed by atoms with E-state index in [0.717, 1.165) is 41.8 Å². The van der Waals surface area contributed by atoms with Crippen molar-refractivity contribution < 1.29 is 10.2 Å². The highest BCUT2D eigenvalue weighted by atomic mass is 32.2. The molecule has 0 aliphatic carbocycles. The van der Waals surface area contributed by atoms with Gasteiger partial charge in [-0.25, -0.2) is 4.79 Å². The van der Waals surface area contributed by atoms with Gasteiger partial charge in [0.1, 0.15) is 0 Å². The second kappa shape index (κ2) is 13.5. The molecule has 1 aromatic heterocycles. The van der Waals surface area contributed by atoms with Crippen molar-refractivity contribution in [1.82, 2.24) is 9.13 Å². The summed E-state index contributed by atoms with van der Waals surface area (Å²) in [6.45, 7) is 4.37. The highest BCUT2D eigenvalue weighted by Gasteiger charge is 2.13. The van der Waals surface area contributed by atoms with Crippen LogP contribution in [0.4, 0.5) is 0 Å². The molecule has 1 aromatic rings. The smallest absolute Gasteiger partial charge is 0.331 e. The second-order valence-corrected chi connectivity index (χ2v) is 8.66. The van der Waals surface area contributed by atoms with E-state index in [-0.39, 0.29) is 13.1 Å². The van der Waals surface area contributed by atoms with E-state index in [9.17, 15) is 19.8 Å². The maximum atomic E-state index is 12.5. The molecule has 0 bridgehead atoms. The Morgan fingerprint density at radius 1 is 0.962 bits per heavy atom. The van der Waals surface area contributed by atoms with E-state index in [1.165, 1.54) is 16.8 Å². The van der Waals surface area contributed by atoms with E-state index in [1.807, 2.05) is 0 Å². The summed E-state index contributed by atoms with van der Waals surface area (Å²) in [4.78, 5) is 24.5. The molecule has 0 radical (unpaired) electrons. The van der Waals surface area contributed by atoms with Gasteiger partial charge in [0.2, 0.25) is 0 Å². The van der Waals surface area contributed by atoms with Crippen molar-refractivity contribution in [2.24, 2.45) is 0 Å². The third kappa shape index (κ3) is 8.79. The molecular weight excluding hydrogens is 372 g/mol. The van der Waals surface area contributed by atoms with E-state index in [0.29, 0.717) is 11.5 Å². The minimum atomic E-state index is -0.743. The van der Waals surface area contributed by atoms with E-state index in [2.05, 4.69) is 13.8 Å². The number of nitrogens with zero attached hydrogens (tertiary/aromatic N) is 2. The average Bonchev–Trinajstić information content (AvgIpc) is 2.62. The molecule has 0 saturated carbocycles. The first-order chi connectivity index (χ1) is 12.5. The van der Waals surface area contributed by atoms with Crippen molar-refractivity contribution in [3.8, 4) is 0 Å². The van der Waals surface area contributed by atoms with Crippen LogP contribution in [0.1, 0.15) is 39.5 Å². The van der Waals surface area contributed by atoms with Gasteiger partial charge in [-0.2, -0.15) is 23.5 Å². The van der Waals surface area contributed by atoms with Crippen molar-refractivity contribution in [3.63, 3.8) is 0 Å². The van der Waals surface area contributed by atoms with Crippen molar-refractivity contribution in [3.05, 3.63) is 33.1 Å². The quantitative estimate of drug-likeness (QED) is 0.460. The Hall–Kier alpha value is -0.700. The van der Waals surface area contributed by atoms with E-state index < -0.39 is 23.5 Å². The topological polar surface area (TPSA) is 84.5 Å². The van der Waals surface area contributed by atoms with Gasteiger partial charge in [-0.15, -0.1) is 0 Å². The van der Waals surface area contributed by atoms with Gasteiger partial charge in [-0.1, -0.05) is 26.7 Å². The van der Waals surface area contributed by atoms with Gasteiger partial charge in [0.15, 0.2) is 0 Å². The van der Waals surface area contributed by atoms with Crippen LogP contribution in [0.3, 0.4) is 0 Å². The molecule has 0 aromatic carbocycles. The zero-order valence-electron chi connectivity index (χ0n) is 15.8. The lowest BCUT2D eigenvalue weighted by Gasteiger charge is -2.16. The van der Waals surface area contributed by atoms with Crippen LogP contribution < -0.4 is 11.2 Å². The first kappa shape index (κ1) is 23.3. The number of aliphatic hydroxyl groups excluding tert-OH is 2. The lowest BCUT2D eigenvalue weighted by molar-refractivity contribution is 0.165. The van der Waals surface area contributed by atoms with Gasteiger partial charge in [0.25, 0.3) is 5.56 Å². The minimum absolute atomic E-state index is 0.0149. The minimum Gasteiger partial charge on any atom is -0.390 e. The molecule has 2 unspecified atom stereocenters. The average molecular weight is 405 g/mol. The molecule has 0 spiro atoms. The fourth-order valence-electron chi connectivity index (χ4n) is 2.34. The van der Waals surface area contributed by atoms with Crippen LogP contribution in [0.5, 0.6) is 0 Å². The molecule has 0 aliphatic rings. The van der Waals surface area contributed by atoms with Crippen LogP contribution in [0.25, 0.3) is 0 Å². The summed E-state index contributed by atoms with van der Waals surface area (Å²) in [6, 6.07) is 1.31. The number of hydrogen-bond donors (Lipinski definition) is 2. The molecule has 0 aliphatic heterocycles. The molecule has 1 rings (SSSR count). The van der Waals surface area contributed by atoms with E-state index in [1.54, 1.807) is 23.5 Å². The van der Waals surface area contributed by atoms with Gasteiger partial charge >= 0.3 is 5.69 Å². The van der Waals surface area contributed by atoms with Gasteiger partial charge in [0, 0.05) is 23.8 Å². The predicted octanol–water partition coefficient (Wildman–Crippen LogP) is 1.80. The van der Waals surface area contributed by atoms with Crippen molar-refractivity contribution in [1.29, 1.82) is 0 Å². The van der Waals surface area contributed by atoms with Crippen LogP contribution in [-0.4, -0.2) is 54.6 Å². The Labute approximate surface area is 164 Å². The first-order valence-corrected chi connectivity index (χ1v) is 11.6. The highest BCUT2D eigenvalue weighted by molar-refractivity contribution is 7.99. The Balaban J connectivity index is 2.63. The SMILES string of the molecule is CCCCSCC(O)Cn1ccc(=O)n(CC(O)CSCCCC)c1=O. The molecule has 8 heteroatoms. The van der Waals surface area contributed by atoms with Gasteiger partial charge in [-0.05, 0) is 24.3 Å². The van der Waals surface area contributed by atoms with Crippen LogP contribution in [0.15, 0.2) is 21.9 Å². The molecule has 0 saturated heterocycles. The molecule has 2 atom stereocenters. The summed E-state index contributed by atoms with van der Waals surface area (Å²) in [6.07, 6.45) is 4.45. The second-order valence-electron chi connectivity index (χ2n) is 6.36. The molecule has 0 fully saturated rings. The molecule has 1 heterocycles. The molecule has 150 valence electrons. The molecule has 0 amide bonds. The third-order valence-corrected chi connectivity index (χ3v) is 6.24. The van der Waals surface area contributed by atoms with Crippen molar-refractivity contribution >= 4 is 23.5 Å². The molecule has 2 N–H and O–H groups in total. The summed E-state index contributed by atoms with van der Waals surface area (Å²) in [5, 5.41) is 20.2. The van der Waals surface area contributed by atoms with Gasteiger partial charge in [0.05, 0.1) is 25.3 Å². The summed E-state index contributed by atoms with van der Waals surface area (Å²) in [7, 11) is 0.